The van der Waals surface area contributed by atoms with Crippen molar-refractivity contribution in [3.05, 3.63) is 94.0 Å². The summed E-state index contributed by atoms with van der Waals surface area (Å²) in [5.74, 6) is 0. The molecular weight excluding hydrogens is 699 g/mol. The predicted octanol–water partition coefficient (Wildman–Crippen LogP) is 8.89. The minimum Gasteiger partial charge on any atom is -0.433 e. The van der Waals surface area contributed by atoms with Crippen LogP contribution in [0.3, 0.4) is 0 Å². The first kappa shape index (κ1) is 39.4. The van der Waals surface area contributed by atoms with Crippen LogP contribution in [-0.4, -0.2) is 31.8 Å². The number of nitrogens with one attached hydrogen (secondary N) is 1. The van der Waals surface area contributed by atoms with Gasteiger partial charge in [0.1, 0.15) is 0 Å². The lowest BCUT2D eigenvalue weighted by molar-refractivity contribution is -0.143. The van der Waals surface area contributed by atoms with Crippen molar-refractivity contribution >= 4 is 22.0 Å². The zero-order valence-electron chi connectivity index (χ0n) is 26.0. The summed E-state index contributed by atoms with van der Waals surface area (Å²) in [5.41, 5.74) is -3.39. The highest BCUT2D eigenvalue weighted by Crippen LogP contribution is 2.42. The molecule has 0 saturated heterocycles. The number of halogens is 9. The number of ether oxygens (including phenoxy) is 1. The number of nitrogens with zero attached hydrogens (tertiary/aromatic N) is 1. The number of rotatable bonds is 7. The molecule has 0 fully saturated rings. The molecule has 0 amide bonds. The molecule has 2 N–H and O–H groups in total. The zero-order chi connectivity index (χ0) is 36.9. The topological polar surface area (TPSA) is 105 Å². The molecule has 3 aromatic carbocycles. The van der Waals surface area contributed by atoms with Gasteiger partial charge >= 0.3 is 24.7 Å². The first-order valence-electron chi connectivity index (χ1n) is 14.5. The first-order chi connectivity index (χ1) is 22.5. The molecular formula is C31H31F9N2O6S. The largest absolute Gasteiger partial charge is 0.533 e. The van der Waals surface area contributed by atoms with Crippen LogP contribution in [0.15, 0.2) is 65.6 Å². The summed E-state index contributed by atoms with van der Waals surface area (Å²) in [6, 6.07) is 8.22. The normalized spacial score (nSPS) is 16.7. The van der Waals surface area contributed by atoms with Gasteiger partial charge in [-0.3, -0.25) is 4.55 Å². The van der Waals surface area contributed by atoms with Gasteiger partial charge < -0.3 is 14.9 Å². The van der Waals surface area contributed by atoms with E-state index < -0.39 is 70.1 Å². The average Bonchev–Trinajstić information content (AvgIpc) is 2.99. The minimum atomic E-state index is -5.05. The fraction of sp³-hybridized carbons (Fsp3) is 0.387. The van der Waals surface area contributed by atoms with Gasteiger partial charge in [0.2, 0.25) is 0 Å². The molecule has 3 aromatic rings. The molecule has 8 nitrogen and oxygen atoms in total. The van der Waals surface area contributed by atoms with Crippen LogP contribution in [0, 0.1) is 6.92 Å². The third-order valence-electron chi connectivity index (χ3n) is 7.23. The Labute approximate surface area is 275 Å². The van der Waals surface area contributed by atoms with E-state index in [1.807, 2.05) is 6.92 Å². The van der Waals surface area contributed by atoms with E-state index in [0.717, 1.165) is 28.8 Å². The van der Waals surface area contributed by atoms with Gasteiger partial charge in [-0.2, -0.15) is 53.0 Å². The maximum atomic E-state index is 13.4. The number of alkyl halides is 9. The Morgan fingerprint density at radius 3 is 1.88 bits per heavy atom. The van der Waals surface area contributed by atoms with Crippen molar-refractivity contribution < 1.29 is 66.9 Å². The summed E-state index contributed by atoms with van der Waals surface area (Å²) < 4.78 is 154. The van der Waals surface area contributed by atoms with Crippen LogP contribution < -0.4 is 10.4 Å². The van der Waals surface area contributed by atoms with E-state index in [-0.39, 0.29) is 40.8 Å². The molecule has 0 aromatic heterocycles. The van der Waals surface area contributed by atoms with Gasteiger partial charge in [-0.05, 0) is 86.3 Å². The smallest absolute Gasteiger partial charge is 0.433 e. The van der Waals surface area contributed by atoms with Gasteiger partial charge in [0.25, 0.3) is 10.1 Å². The van der Waals surface area contributed by atoms with Gasteiger partial charge in [-0.1, -0.05) is 24.6 Å². The number of carbonyl (C=O) groups is 1. The molecule has 1 aliphatic rings. The molecule has 1 aliphatic heterocycles. The molecule has 270 valence electrons. The molecule has 0 saturated carbocycles. The van der Waals surface area contributed by atoms with Crippen LogP contribution in [0.25, 0.3) is 0 Å². The molecule has 49 heavy (non-hydrogen) atoms. The Morgan fingerprint density at radius 2 is 1.41 bits per heavy atom. The maximum absolute atomic E-state index is 13.4. The second-order valence-corrected chi connectivity index (χ2v) is 12.2. The molecule has 2 unspecified atom stereocenters. The van der Waals surface area contributed by atoms with Crippen molar-refractivity contribution in [2.24, 2.45) is 0 Å². The van der Waals surface area contributed by atoms with Crippen LogP contribution in [0.5, 0.6) is 0 Å². The van der Waals surface area contributed by atoms with E-state index in [1.54, 1.807) is 19.1 Å². The van der Waals surface area contributed by atoms with Crippen molar-refractivity contribution in [2.75, 3.05) is 11.7 Å². The van der Waals surface area contributed by atoms with Crippen molar-refractivity contribution in [1.29, 1.82) is 0 Å². The van der Waals surface area contributed by atoms with Crippen molar-refractivity contribution in [2.45, 2.75) is 75.7 Å². The van der Waals surface area contributed by atoms with Crippen LogP contribution >= 0.6 is 0 Å². The Morgan fingerprint density at radius 1 is 0.857 bits per heavy atom. The third-order valence-corrected chi connectivity index (χ3v) is 8.10. The number of anilines is 1. The van der Waals surface area contributed by atoms with E-state index in [9.17, 15) is 52.7 Å². The highest BCUT2D eigenvalue weighted by Gasteiger charge is 2.39. The number of hydroxylamine groups is 1. The molecule has 0 aliphatic carbocycles. The zero-order valence-corrected chi connectivity index (χ0v) is 26.8. The molecule has 18 heteroatoms. The lowest BCUT2D eigenvalue weighted by Gasteiger charge is -2.40. The number of benzene rings is 3. The van der Waals surface area contributed by atoms with E-state index in [1.165, 1.54) is 19.1 Å². The van der Waals surface area contributed by atoms with Gasteiger partial charge in [-0.25, -0.2) is 4.79 Å². The van der Waals surface area contributed by atoms with Gasteiger partial charge in [0.15, 0.2) is 0 Å². The Hall–Kier alpha value is -4.03. The summed E-state index contributed by atoms with van der Waals surface area (Å²) in [6.45, 7) is 4.54. The van der Waals surface area contributed by atoms with Gasteiger partial charge in [0, 0.05) is 12.6 Å². The average molecular weight is 731 g/mol. The lowest BCUT2D eigenvalue weighted by Crippen LogP contribution is -2.44. The second-order valence-electron chi connectivity index (χ2n) is 10.8. The van der Waals surface area contributed by atoms with Crippen LogP contribution in [-0.2, 0) is 44.8 Å². The SMILES string of the molecule is CCOC(=O)ON1c2ccc(C(F)(F)F)cc2C(NCc2cc(C(F)(F)F)cc(C(F)(F)F)c2)CC1CC.Cc1ccc(S(=O)(=O)O)cc1. The van der Waals surface area contributed by atoms with E-state index in [4.69, 9.17) is 14.1 Å². The summed E-state index contributed by atoms with van der Waals surface area (Å²) in [4.78, 5) is 17.1. The number of hydrogen-bond acceptors (Lipinski definition) is 7. The summed E-state index contributed by atoms with van der Waals surface area (Å²) in [7, 11) is -4.02. The minimum absolute atomic E-state index is 0.00292. The lowest BCUT2D eigenvalue weighted by atomic mass is 9.89. The fourth-order valence-corrected chi connectivity index (χ4v) is 5.33. The second kappa shape index (κ2) is 15.2. The first-order valence-corrected chi connectivity index (χ1v) is 15.9. The Bertz CT molecular complexity index is 1680. The highest BCUT2D eigenvalue weighted by atomic mass is 32.2. The number of carbonyl (C=O) groups excluding carboxylic acids is 1. The van der Waals surface area contributed by atoms with E-state index in [0.29, 0.717) is 18.6 Å². The highest BCUT2D eigenvalue weighted by molar-refractivity contribution is 7.85. The molecule has 0 bridgehead atoms. The third kappa shape index (κ3) is 10.7. The van der Waals surface area contributed by atoms with E-state index >= 15 is 0 Å². The molecule has 4 rings (SSSR count). The van der Waals surface area contributed by atoms with Gasteiger partial charge in [-0.15, -0.1) is 0 Å². The van der Waals surface area contributed by atoms with Crippen molar-refractivity contribution in [3.8, 4) is 0 Å². The van der Waals surface area contributed by atoms with E-state index in [2.05, 4.69) is 5.32 Å². The van der Waals surface area contributed by atoms with Crippen LogP contribution in [0.4, 0.5) is 50.0 Å². The monoisotopic (exact) mass is 730 g/mol. The number of aryl methyl sites for hydroxylation is 1. The number of hydrogen-bond donors (Lipinski definition) is 2. The van der Waals surface area contributed by atoms with Crippen molar-refractivity contribution in [3.63, 3.8) is 0 Å². The Kier molecular flexibility index (Phi) is 12.3. The van der Waals surface area contributed by atoms with Crippen molar-refractivity contribution in [1.82, 2.24) is 5.32 Å². The van der Waals surface area contributed by atoms with Crippen LogP contribution in [0.1, 0.15) is 66.1 Å². The fourth-order valence-electron chi connectivity index (χ4n) is 4.85. The summed E-state index contributed by atoms with van der Waals surface area (Å²) in [5, 5.41) is 3.90. The molecule has 2 atom stereocenters. The standard InChI is InChI=1S/C24H23F9N2O3.C7H8O3S/c1-3-17-11-19(34-12-13-7-15(23(28,29)30)9-16(8-13)24(31,32)33)18-10-14(22(25,26)27)5-6-20(18)35(17)38-21(36)37-4-2;1-6-2-4-7(5-3-6)11(8,9)10/h5-10,17,19,34H,3-4,11-12H2,1-2H3;2-5H,1H3,(H,8,9,10). The van der Waals surface area contributed by atoms with Crippen LogP contribution in [0.2, 0.25) is 0 Å². The molecule has 0 spiro atoms. The quantitative estimate of drug-likeness (QED) is 0.141. The predicted molar refractivity (Wildman–Crippen MR) is 158 cm³/mol. The summed E-state index contributed by atoms with van der Waals surface area (Å²) in [6.07, 6.45) is -15.6. The maximum Gasteiger partial charge on any atom is 0.533 e. The number of fused-ring (bicyclic) bond motifs is 1. The van der Waals surface area contributed by atoms with Gasteiger partial charge in [0.05, 0.1) is 39.9 Å². The summed E-state index contributed by atoms with van der Waals surface area (Å²) >= 11 is 0. The Balaban J connectivity index is 0.000000501. The molecule has 0 radical (unpaired) electrons. The molecule has 1 heterocycles.